The van der Waals surface area contributed by atoms with Crippen LogP contribution in [-0.4, -0.2) is 48.4 Å². The molecule has 0 aliphatic carbocycles. The third-order valence-corrected chi connectivity index (χ3v) is 2.88. The highest BCUT2D eigenvalue weighted by atomic mass is 16.5. The van der Waals surface area contributed by atoms with E-state index in [2.05, 4.69) is 5.32 Å². The highest BCUT2D eigenvalue weighted by Crippen LogP contribution is 2.30. The van der Waals surface area contributed by atoms with Crippen LogP contribution in [-0.2, 0) is 14.3 Å². The van der Waals surface area contributed by atoms with Gasteiger partial charge in [-0.15, -0.1) is 0 Å². The zero-order valence-corrected chi connectivity index (χ0v) is 8.19. The van der Waals surface area contributed by atoms with E-state index in [1.807, 2.05) is 0 Å². The number of carbonyl (C=O) groups is 3. The first-order valence-corrected chi connectivity index (χ1v) is 4.85. The number of amides is 3. The van der Waals surface area contributed by atoms with Gasteiger partial charge in [-0.1, -0.05) is 0 Å². The maximum Gasteiger partial charge on any atom is 0.325 e. The van der Waals surface area contributed by atoms with Crippen LogP contribution in [0.3, 0.4) is 0 Å². The maximum atomic E-state index is 11.6. The lowest BCUT2D eigenvalue weighted by molar-refractivity contribution is -0.127. The highest BCUT2D eigenvalue weighted by Gasteiger charge is 2.54. The number of rotatable bonds is 3. The molecule has 3 amide bonds. The van der Waals surface area contributed by atoms with Crippen molar-refractivity contribution in [3.05, 3.63) is 0 Å². The van der Waals surface area contributed by atoms with E-state index in [0.29, 0.717) is 13.0 Å². The molecule has 82 valence electrons. The van der Waals surface area contributed by atoms with Gasteiger partial charge in [0.2, 0.25) is 0 Å². The van der Waals surface area contributed by atoms with Gasteiger partial charge >= 0.3 is 6.03 Å². The van der Waals surface area contributed by atoms with Crippen molar-refractivity contribution >= 4 is 18.2 Å². The normalized spacial score (nSPS) is 30.0. The van der Waals surface area contributed by atoms with Crippen LogP contribution in [0.1, 0.15) is 12.8 Å². The average Bonchev–Trinajstić information content (AvgIpc) is 2.75. The first-order valence-electron chi connectivity index (χ1n) is 4.85. The maximum absolute atomic E-state index is 11.6. The quantitative estimate of drug-likeness (QED) is 0.495. The molecule has 6 nitrogen and oxygen atoms in total. The van der Waals surface area contributed by atoms with E-state index in [1.54, 1.807) is 0 Å². The summed E-state index contributed by atoms with van der Waals surface area (Å²) in [5.41, 5.74) is -0.861. The van der Waals surface area contributed by atoms with Crippen molar-refractivity contribution < 1.29 is 19.1 Å². The summed E-state index contributed by atoms with van der Waals surface area (Å²) < 4.78 is 5.17. The molecule has 0 aromatic heterocycles. The summed E-state index contributed by atoms with van der Waals surface area (Å²) in [4.78, 5) is 34.8. The second kappa shape index (κ2) is 3.62. The predicted molar refractivity (Wildman–Crippen MR) is 49.1 cm³/mol. The number of aldehydes is 1. The number of imide groups is 1. The molecule has 2 aliphatic rings. The second-order valence-electron chi connectivity index (χ2n) is 3.70. The van der Waals surface area contributed by atoms with Gasteiger partial charge in [-0.3, -0.25) is 10.1 Å². The fourth-order valence-corrected chi connectivity index (χ4v) is 2.04. The first kappa shape index (κ1) is 10.1. The Balaban J connectivity index is 2.20. The highest BCUT2D eigenvalue weighted by molar-refractivity contribution is 6.07. The Bertz CT molecular complexity index is 309. The van der Waals surface area contributed by atoms with Crippen LogP contribution in [0.2, 0.25) is 0 Å². The lowest BCUT2D eigenvalue weighted by Crippen LogP contribution is -2.50. The molecule has 6 heteroatoms. The smallest absolute Gasteiger partial charge is 0.325 e. The molecule has 15 heavy (non-hydrogen) atoms. The minimum Gasteiger partial charge on any atom is -0.378 e. The molecule has 1 atom stereocenters. The monoisotopic (exact) mass is 212 g/mol. The minimum atomic E-state index is -0.861. The van der Waals surface area contributed by atoms with Crippen LogP contribution >= 0.6 is 0 Å². The minimum absolute atomic E-state index is 0.226. The van der Waals surface area contributed by atoms with Gasteiger partial charge in [-0.25, -0.2) is 4.79 Å². The van der Waals surface area contributed by atoms with E-state index in [9.17, 15) is 14.4 Å². The lowest BCUT2D eigenvalue weighted by atomic mass is 9.97. The van der Waals surface area contributed by atoms with Crippen LogP contribution in [0, 0.1) is 0 Å². The fourth-order valence-electron chi connectivity index (χ4n) is 2.04. The van der Waals surface area contributed by atoms with Gasteiger partial charge in [-0.05, 0) is 0 Å². The molecule has 2 saturated heterocycles. The molecule has 2 rings (SSSR count). The Hall–Kier alpha value is -1.43. The van der Waals surface area contributed by atoms with Crippen molar-refractivity contribution in [2.75, 3.05) is 19.8 Å². The Kier molecular flexibility index (Phi) is 2.44. The van der Waals surface area contributed by atoms with Crippen molar-refractivity contribution in [3.63, 3.8) is 0 Å². The van der Waals surface area contributed by atoms with Gasteiger partial charge < -0.3 is 14.4 Å². The summed E-state index contributed by atoms with van der Waals surface area (Å²) in [6, 6.07) is -0.424. The van der Waals surface area contributed by atoms with Crippen LogP contribution < -0.4 is 5.32 Å². The predicted octanol–water partition coefficient (Wildman–Crippen LogP) is -0.714. The Labute approximate surface area is 86.6 Å². The number of nitrogens with one attached hydrogen (secondary N) is 1. The van der Waals surface area contributed by atoms with Gasteiger partial charge in [0.1, 0.15) is 11.8 Å². The topological polar surface area (TPSA) is 75.7 Å². The average molecular weight is 212 g/mol. The third kappa shape index (κ3) is 1.41. The molecule has 2 aliphatic heterocycles. The van der Waals surface area contributed by atoms with Crippen LogP contribution in [0.15, 0.2) is 0 Å². The van der Waals surface area contributed by atoms with Crippen molar-refractivity contribution in [2.24, 2.45) is 0 Å². The summed E-state index contributed by atoms with van der Waals surface area (Å²) in [5, 5.41) is 2.26. The number of carbonyl (C=O) groups excluding carboxylic acids is 3. The molecule has 0 bridgehead atoms. The van der Waals surface area contributed by atoms with E-state index in [0.717, 1.165) is 6.29 Å². The van der Waals surface area contributed by atoms with Gasteiger partial charge in [0.25, 0.3) is 5.91 Å². The largest absolute Gasteiger partial charge is 0.378 e. The van der Waals surface area contributed by atoms with Crippen LogP contribution in [0.25, 0.3) is 0 Å². The number of hydrogen-bond donors (Lipinski definition) is 1. The Morgan fingerprint density at radius 2 is 2.33 bits per heavy atom. The summed E-state index contributed by atoms with van der Waals surface area (Å²) in [6.45, 7) is 0.964. The molecule has 0 aromatic carbocycles. The van der Waals surface area contributed by atoms with Crippen LogP contribution in [0.5, 0.6) is 0 Å². The van der Waals surface area contributed by atoms with E-state index in [1.165, 1.54) is 4.90 Å². The Morgan fingerprint density at radius 1 is 1.53 bits per heavy atom. The summed E-state index contributed by atoms with van der Waals surface area (Å²) >= 11 is 0. The van der Waals surface area contributed by atoms with Gasteiger partial charge in [0, 0.05) is 26.0 Å². The van der Waals surface area contributed by atoms with Gasteiger partial charge in [-0.2, -0.15) is 0 Å². The van der Waals surface area contributed by atoms with Crippen molar-refractivity contribution in [1.29, 1.82) is 0 Å². The molecule has 2 fully saturated rings. The lowest BCUT2D eigenvalue weighted by Gasteiger charge is -2.29. The molecule has 2 heterocycles. The molecule has 1 unspecified atom stereocenters. The molecule has 0 aromatic rings. The van der Waals surface area contributed by atoms with E-state index >= 15 is 0 Å². The van der Waals surface area contributed by atoms with Crippen molar-refractivity contribution in [2.45, 2.75) is 18.4 Å². The number of urea groups is 1. The van der Waals surface area contributed by atoms with Gasteiger partial charge in [0.15, 0.2) is 0 Å². The van der Waals surface area contributed by atoms with E-state index in [4.69, 9.17) is 4.74 Å². The second-order valence-corrected chi connectivity index (χ2v) is 3.70. The summed E-state index contributed by atoms with van der Waals surface area (Å²) in [7, 11) is 0. The molecule has 0 radical (unpaired) electrons. The molecule has 0 saturated carbocycles. The molecule has 1 N–H and O–H groups in total. The van der Waals surface area contributed by atoms with Gasteiger partial charge in [0.05, 0.1) is 6.61 Å². The summed E-state index contributed by atoms with van der Waals surface area (Å²) in [6.07, 6.45) is 1.48. The fraction of sp³-hybridized carbons (Fsp3) is 0.667. The molecular weight excluding hydrogens is 200 g/mol. The SMILES string of the molecule is O=CCCN1C(=O)NC(=O)C12CCOC2. The first-order chi connectivity index (χ1) is 7.20. The Morgan fingerprint density at radius 3 is 2.93 bits per heavy atom. The summed E-state index contributed by atoms with van der Waals surface area (Å²) in [5.74, 6) is -0.309. The molecular formula is C9H12N2O4. The van der Waals surface area contributed by atoms with E-state index in [-0.39, 0.29) is 25.5 Å². The number of hydrogen-bond acceptors (Lipinski definition) is 4. The van der Waals surface area contributed by atoms with E-state index < -0.39 is 11.6 Å². The van der Waals surface area contributed by atoms with Crippen LogP contribution in [0.4, 0.5) is 4.79 Å². The van der Waals surface area contributed by atoms with Crippen molar-refractivity contribution in [1.82, 2.24) is 10.2 Å². The third-order valence-electron chi connectivity index (χ3n) is 2.88. The molecule has 1 spiro atoms. The number of nitrogens with zero attached hydrogens (tertiary/aromatic N) is 1. The standard InChI is InChI=1S/C9H12N2O4/c12-4-1-3-11-8(14)10-7(13)9(11)2-5-15-6-9/h4H,1-3,5-6H2,(H,10,13,14). The zero-order valence-electron chi connectivity index (χ0n) is 8.19. The van der Waals surface area contributed by atoms with Crippen molar-refractivity contribution in [3.8, 4) is 0 Å². The number of ether oxygens (including phenoxy) is 1. The zero-order chi connectivity index (χ0) is 10.9.